The molecule has 19 heavy (non-hydrogen) atoms. The van der Waals surface area contributed by atoms with Crippen LogP contribution in [-0.2, 0) is 9.59 Å². The van der Waals surface area contributed by atoms with Gasteiger partial charge in [0.1, 0.15) is 6.54 Å². The van der Waals surface area contributed by atoms with E-state index in [1.807, 2.05) is 0 Å². The SMILES string of the molecule is CC1(C)C(C(=O)N(CC(=O)O)C2CCCC2)C1(C)C. The van der Waals surface area contributed by atoms with Crippen molar-refractivity contribution in [1.29, 1.82) is 0 Å². The molecule has 0 saturated heterocycles. The number of aliphatic carboxylic acids is 1. The summed E-state index contributed by atoms with van der Waals surface area (Å²) in [4.78, 5) is 25.4. The zero-order chi connectivity index (χ0) is 14.4. The molecule has 108 valence electrons. The number of amides is 1. The first-order chi connectivity index (χ1) is 8.69. The molecule has 2 aliphatic rings. The predicted octanol–water partition coefficient (Wildman–Crippen LogP) is 2.52. The van der Waals surface area contributed by atoms with E-state index >= 15 is 0 Å². The van der Waals surface area contributed by atoms with Crippen molar-refractivity contribution in [2.45, 2.75) is 59.4 Å². The summed E-state index contributed by atoms with van der Waals surface area (Å²) in [5.74, 6) is -0.902. The molecular weight excluding hydrogens is 242 g/mol. The molecule has 0 radical (unpaired) electrons. The molecule has 0 heterocycles. The van der Waals surface area contributed by atoms with E-state index in [4.69, 9.17) is 5.11 Å². The third-order valence-electron chi connectivity index (χ3n) is 5.62. The molecule has 0 atom stereocenters. The van der Waals surface area contributed by atoms with Crippen LogP contribution in [0.2, 0.25) is 0 Å². The Morgan fingerprint density at radius 2 is 1.58 bits per heavy atom. The number of hydrogen-bond donors (Lipinski definition) is 1. The van der Waals surface area contributed by atoms with Crippen molar-refractivity contribution in [2.75, 3.05) is 6.54 Å². The molecule has 4 nitrogen and oxygen atoms in total. The fourth-order valence-corrected chi connectivity index (χ4v) is 3.73. The van der Waals surface area contributed by atoms with Gasteiger partial charge in [-0.25, -0.2) is 0 Å². The summed E-state index contributed by atoms with van der Waals surface area (Å²) in [6.45, 7) is 8.25. The Labute approximate surface area is 115 Å². The summed E-state index contributed by atoms with van der Waals surface area (Å²) in [7, 11) is 0. The quantitative estimate of drug-likeness (QED) is 0.851. The minimum atomic E-state index is -0.906. The van der Waals surface area contributed by atoms with Gasteiger partial charge in [0.2, 0.25) is 5.91 Å². The van der Waals surface area contributed by atoms with E-state index in [0.717, 1.165) is 25.7 Å². The van der Waals surface area contributed by atoms with Crippen molar-refractivity contribution in [3.63, 3.8) is 0 Å². The van der Waals surface area contributed by atoms with Gasteiger partial charge in [-0.1, -0.05) is 40.5 Å². The number of nitrogens with zero attached hydrogens (tertiary/aromatic N) is 1. The molecule has 0 spiro atoms. The van der Waals surface area contributed by atoms with Crippen LogP contribution in [0.5, 0.6) is 0 Å². The molecule has 2 aliphatic carbocycles. The molecule has 0 unspecified atom stereocenters. The highest BCUT2D eigenvalue weighted by molar-refractivity contribution is 5.87. The smallest absolute Gasteiger partial charge is 0.323 e. The first-order valence-corrected chi connectivity index (χ1v) is 7.22. The number of carboxylic acid groups (broad SMARTS) is 1. The van der Waals surface area contributed by atoms with Crippen LogP contribution in [0.1, 0.15) is 53.4 Å². The van der Waals surface area contributed by atoms with Crippen molar-refractivity contribution in [3.05, 3.63) is 0 Å². The summed E-state index contributed by atoms with van der Waals surface area (Å²) in [6, 6.07) is 0.135. The lowest BCUT2D eigenvalue weighted by molar-refractivity contribution is -0.147. The van der Waals surface area contributed by atoms with Crippen molar-refractivity contribution >= 4 is 11.9 Å². The largest absolute Gasteiger partial charge is 0.480 e. The monoisotopic (exact) mass is 267 g/mol. The Morgan fingerprint density at radius 3 is 1.95 bits per heavy atom. The van der Waals surface area contributed by atoms with Crippen LogP contribution < -0.4 is 0 Å². The van der Waals surface area contributed by atoms with E-state index in [2.05, 4.69) is 27.7 Å². The number of carbonyl (C=O) groups is 2. The fourth-order valence-electron chi connectivity index (χ4n) is 3.73. The van der Waals surface area contributed by atoms with E-state index < -0.39 is 5.97 Å². The first-order valence-electron chi connectivity index (χ1n) is 7.22. The number of carbonyl (C=O) groups excluding carboxylic acids is 1. The van der Waals surface area contributed by atoms with Crippen molar-refractivity contribution < 1.29 is 14.7 Å². The molecular formula is C15H25NO3. The lowest BCUT2D eigenvalue weighted by Crippen LogP contribution is -2.44. The average molecular weight is 267 g/mol. The van der Waals surface area contributed by atoms with Gasteiger partial charge in [-0.15, -0.1) is 0 Å². The zero-order valence-corrected chi connectivity index (χ0v) is 12.4. The van der Waals surface area contributed by atoms with Gasteiger partial charge in [0, 0.05) is 12.0 Å². The second-order valence-corrected chi connectivity index (χ2v) is 7.17. The number of rotatable bonds is 4. The van der Waals surface area contributed by atoms with Crippen LogP contribution in [-0.4, -0.2) is 34.5 Å². The topological polar surface area (TPSA) is 57.6 Å². The molecule has 0 aromatic carbocycles. The van der Waals surface area contributed by atoms with Crippen LogP contribution in [0.15, 0.2) is 0 Å². The van der Waals surface area contributed by atoms with Gasteiger partial charge in [-0.05, 0) is 23.7 Å². The maximum Gasteiger partial charge on any atom is 0.323 e. The Balaban J connectivity index is 2.15. The Morgan fingerprint density at radius 1 is 1.11 bits per heavy atom. The first kappa shape index (κ1) is 14.4. The molecule has 0 aromatic rings. The van der Waals surface area contributed by atoms with E-state index in [9.17, 15) is 9.59 Å². The standard InChI is InChI=1S/C15H25NO3/c1-14(2)12(15(14,3)4)13(19)16(9-11(17)18)10-7-5-6-8-10/h10,12H,5-9H2,1-4H3,(H,17,18). The predicted molar refractivity (Wildman–Crippen MR) is 72.7 cm³/mol. The summed E-state index contributed by atoms with van der Waals surface area (Å²) in [6.07, 6.45) is 4.11. The van der Waals surface area contributed by atoms with E-state index in [1.54, 1.807) is 4.90 Å². The second-order valence-electron chi connectivity index (χ2n) is 7.17. The Kier molecular flexibility index (Phi) is 3.40. The fraction of sp³-hybridized carbons (Fsp3) is 0.867. The van der Waals surface area contributed by atoms with Gasteiger partial charge in [0.15, 0.2) is 0 Å². The zero-order valence-electron chi connectivity index (χ0n) is 12.4. The molecule has 1 N–H and O–H groups in total. The van der Waals surface area contributed by atoms with Crippen LogP contribution in [0, 0.1) is 16.7 Å². The highest BCUT2D eigenvalue weighted by Gasteiger charge is 2.69. The average Bonchev–Trinajstić information content (AvgIpc) is 2.71. The molecule has 2 saturated carbocycles. The molecule has 1 amide bonds. The normalized spacial score (nSPS) is 25.3. The molecule has 4 heteroatoms. The lowest BCUT2D eigenvalue weighted by atomic mass is 10.0. The second kappa shape index (κ2) is 4.50. The molecule has 2 rings (SSSR count). The van der Waals surface area contributed by atoms with Gasteiger partial charge in [0.05, 0.1) is 0 Å². The third-order valence-corrected chi connectivity index (χ3v) is 5.62. The van der Waals surface area contributed by atoms with Gasteiger partial charge in [-0.3, -0.25) is 9.59 Å². The number of carboxylic acids is 1. The van der Waals surface area contributed by atoms with E-state index in [-0.39, 0.29) is 35.2 Å². The summed E-state index contributed by atoms with van der Waals surface area (Å²) >= 11 is 0. The summed E-state index contributed by atoms with van der Waals surface area (Å²) < 4.78 is 0. The lowest BCUT2D eigenvalue weighted by Gasteiger charge is -2.28. The Bertz CT molecular complexity index is 380. The van der Waals surface area contributed by atoms with Gasteiger partial charge in [-0.2, -0.15) is 0 Å². The van der Waals surface area contributed by atoms with Crippen LogP contribution in [0.4, 0.5) is 0 Å². The molecule has 0 aromatic heterocycles. The highest BCUT2D eigenvalue weighted by Crippen LogP contribution is 2.68. The maximum atomic E-state index is 12.7. The minimum Gasteiger partial charge on any atom is -0.480 e. The third kappa shape index (κ3) is 2.26. The minimum absolute atomic E-state index is 0.0283. The summed E-state index contributed by atoms with van der Waals surface area (Å²) in [5, 5.41) is 9.06. The van der Waals surface area contributed by atoms with E-state index in [1.165, 1.54) is 0 Å². The number of hydrogen-bond acceptors (Lipinski definition) is 2. The van der Waals surface area contributed by atoms with Crippen molar-refractivity contribution in [3.8, 4) is 0 Å². The summed E-state index contributed by atoms with van der Waals surface area (Å²) in [5.41, 5.74) is -0.0567. The molecule has 0 aliphatic heterocycles. The van der Waals surface area contributed by atoms with Crippen LogP contribution >= 0.6 is 0 Å². The molecule has 2 fully saturated rings. The van der Waals surface area contributed by atoms with Crippen molar-refractivity contribution in [1.82, 2.24) is 4.90 Å². The van der Waals surface area contributed by atoms with E-state index in [0.29, 0.717) is 0 Å². The maximum absolute atomic E-state index is 12.7. The van der Waals surface area contributed by atoms with Gasteiger partial charge in [0.25, 0.3) is 0 Å². The van der Waals surface area contributed by atoms with Gasteiger partial charge < -0.3 is 10.0 Å². The Hall–Kier alpha value is -1.06. The van der Waals surface area contributed by atoms with Crippen LogP contribution in [0.25, 0.3) is 0 Å². The van der Waals surface area contributed by atoms with Gasteiger partial charge >= 0.3 is 5.97 Å². The van der Waals surface area contributed by atoms with Crippen LogP contribution in [0.3, 0.4) is 0 Å². The molecule has 0 bridgehead atoms. The van der Waals surface area contributed by atoms with Crippen molar-refractivity contribution in [2.24, 2.45) is 16.7 Å². The highest BCUT2D eigenvalue weighted by atomic mass is 16.4.